The van der Waals surface area contributed by atoms with Gasteiger partial charge in [-0.1, -0.05) is 58.0 Å². The fourth-order valence-electron chi connectivity index (χ4n) is 1.35. The molecule has 0 aliphatic carbocycles. The van der Waals surface area contributed by atoms with Crippen LogP contribution in [0.3, 0.4) is 0 Å². The van der Waals surface area contributed by atoms with Crippen LogP contribution in [0.5, 0.6) is 11.6 Å². The first-order chi connectivity index (χ1) is 9.79. The minimum absolute atomic E-state index is 0.0229. The molecule has 0 bridgehead atoms. The second-order valence-electron chi connectivity index (χ2n) is 3.65. The monoisotopic (exact) mass is 386 g/mol. The molecule has 0 saturated carbocycles. The Morgan fingerprint density at radius 1 is 0.952 bits per heavy atom. The van der Waals surface area contributed by atoms with Gasteiger partial charge in [0.15, 0.2) is 10.9 Å². The smallest absolute Gasteiger partial charge is 0.272 e. The van der Waals surface area contributed by atoms with Crippen molar-refractivity contribution < 1.29 is 9.66 Å². The summed E-state index contributed by atoms with van der Waals surface area (Å²) in [6.45, 7) is 0. The van der Waals surface area contributed by atoms with E-state index in [1.54, 1.807) is 0 Å². The predicted octanol–water partition coefficient (Wildman–Crippen LogP) is 6.05. The summed E-state index contributed by atoms with van der Waals surface area (Å²) in [4.78, 5) is 13.9. The first-order valence-electron chi connectivity index (χ1n) is 5.12. The van der Waals surface area contributed by atoms with E-state index < -0.39 is 4.92 Å². The number of nitro benzene ring substituents is 1. The van der Waals surface area contributed by atoms with Crippen molar-refractivity contribution in [2.24, 2.45) is 0 Å². The van der Waals surface area contributed by atoms with Gasteiger partial charge in [-0.05, 0) is 6.07 Å². The van der Waals surface area contributed by atoms with Crippen molar-refractivity contribution in [3.8, 4) is 11.6 Å². The van der Waals surface area contributed by atoms with Gasteiger partial charge in [0.1, 0.15) is 5.02 Å². The average molecular weight is 388 g/mol. The Labute approximate surface area is 143 Å². The second kappa shape index (κ2) is 6.42. The summed E-state index contributed by atoms with van der Waals surface area (Å²) in [5, 5.41) is 10.8. The average Bonchev–Trinajstić information content (AvgIpc) is 2.39. The third-order valence-electron chi connectivity index (χ3n) is 2.25. The Morgan fingerprint density at radius 3 is 2.05 bits per heavy atom. The molecule has 0 amide bonds. The summed E-state index contributed by atoms with van der Waals surface area (Å²) in [7, 11) is 0. The van der Waals surface area contributed by atoms with E-state index in [0.717, 1.165) is 12.1 Å². The van der Waals surface area contributed by atoms with Gasteiger partial charge in [-0.2, -0.15) is 4.98 Å². The third kappa shape index (κ3) is 3.62. The lowest BCUT2D eigenvalue weighted by Gasteiger charge is -2.10. The molecule has 21 heavy (non-hydrogen) atoms. The fourth-order valence-corrected chi connectivity index (χ4v) is 2.43. The maximum Gasteiger partial charge on any atom is 0.272 e. The summed E-state index contributed by atoms with van der Waals surface area (Å²) in [5.74, 6) is -0.111. The number of hydrogen-bond donors (Lipinski definition) is 0. The molecule has 1 aromatic carbocycles. The SMILES string of the molecule is O=[N+]([O-])c1cc(Cl)c(Oc2nc(Cl)c(Cl)cc2Cl)c(Cl)c1. The van der Waals surface area contributed by atoms with Crippen LogP contribution in [0.15, 0.2) is 18.2 Å². The molecule has 5 nitrogen and oxygen atoms in total. The largest absolute Gasteiger partial charge is 0.434 e. The van der Waals surface area contributed by atoms with Gasteiger partial charge in [0.2, 0.25) is 5.88 Å². The quantitative estimate of drug-likeness (QED) is 0.365. The van der Waals surface area contributed by atoms with Crippen molar-refractivity contribution >= 4 is 63.7 Å². The summed E-state index contributed by atoms with van der Waals surface area (Å²) < 4.78 is 5.37. The first kappa shape index (κ1) is 16.4. The zero-order chi connectivity index (χ0) is 15.7. The van der Waals surface area contributed by atoms with Crippen LogP contribution in [-0.2, 0) is 0 Å². The highest BCUT2D eigenvalue weighted by atomic mass is 35.5. The van der Waals surface area contributed by atoms with Gasteiger partial charge in [0.05, 0.1) is 20.0 Å². The standard InChI is InChI=1S/C11H3Cl5N2O3/c12-5-1-4(18(19)20)2-6(13)9(5)21-11-8(15)3-7(14)10(16)17-11/h1-3H. The van der Waals surface area contributed by atoms with Gasteiger partial charge >= 0.3 is 0 Å². The van der Waals surface area contributed by atoms with Crippen LogP contribution in [0.1, 0.15) is 0 Å². The maximum atomic E-state index is 10.7. The van der Waals surface area contributed by atoms with Crippen molar-refractivity contribution in [1.82, 2.24) is 4.98 Å². The molecule has 2 rings (SSSR count). The number of ether oxygens (including phenoxy) is 1. The number of hydrogen-bond acceptors (Lipinski definition) is 4. The molecular formula is C11H3Cl5N2O3. The lowest BCUT2D eigenvalue weighted by atomic mass is 10.3. The zero-order valence-electron chi connectivity index (χ0n) is 9.74. The molecule has 0 spiro atoms. The van der Waals surface area contributed by atoms with Crippen LogP contribution in [0.4, 0.5) is 5.69 Å². The number of aromatic nitrogens is 1. The molecule has 1 aromatic heterocycles. The molecule has 0 aliphatic heterocycles. The fraction of sp³-hybridized carbons (Fsp3) is 0. The summed E-state index contributed by atoms with van der Waals surface area (Å²) in [5.41, 5.74) is -0.273. The molecule has 2 aromatic rings. The van der Waals surface area contributed by atoms with E-state index in [1.807, 2.05) is 0 Å². The second-order valence-corrected chi connectivity index (χ2v) is 5.63. The Hall–Kier alpha value is -0.980. The lowest BCUT2D eigenvalue weighted by Crippen LogP contribution is -1.94. The Kier molecular flexibility index (Phi) is 5.01. The topological polar surface area (TPSA) is 65.3 Å². The van der Waals surface area contributed by atoms with Crippen molar-refractivity contribution in [1.29, 1.82) is 0 Å². The van der Waals surface area contributed by atoms with Crippen LogP contribution in [0.2, 0.25) is 25.2 Å². The minimum atomic E-state index is -0.633. The van der Waals surface area contributed by atoms with E-state index in [2.05, 4.69) is 4.98 Å². The van der Waals surface area contributed by atoms with E-state index in [0.29, 0.717) is 0 Å². The van der Waals surface area contributed by atoms with Crippen LogP contribution in [0, 0.1) is 10.1 Å². The number of halogens is 5. The van der Waals surface area contributed by atoms with E-state index in [9.17, 15) is 10.1 Å². The number of non-ortho nitro benzene ring substituents is 1. The molecule has 10 heteroatoms. The van der Waals surface area contributed by atoms with E-state index in [4.69, 9.17) is 62.7 Å². The van der Waals surface area contributed by atoms with Crippen molar-refractivity contribution in [3.63, 3.8) is 0 Å². The molecule has 0 unspecified atom stereocenters. The maximum absolute atomic E-state index is 10.7. The summed E-state index contributed by atoms with van der Waals surface area (Å²) >= 11 is 29.2. The van der Waals surface area contributed by atoms with E-state index in [-0.39, 0.29) is 42.6 Å². The molecule has 0 fully saturated rings. The lowest BCUT2D eigenvalue weighted by molar-refractivity contribution is -0.384. The van der Waals surface area contributed by atoms with E-state index >= 15 is 0 Å². The number of benzene rings is 1. The zero-order valence-corrected chi connectivity index (χ0v) is 13.5. The summed E-state index contributed by atoms with van der Waals surface area (Å²) in [6, 6.07) is 3.52. The Balaban J connectivity index is 2.45. The predicted molar refractivity (Wildman–Crippen MR) is 82.5 cm³/mol. The van der Waals surface area contributed by atoms with Crippen LogP contribution in [0.25, 0.3) is 0 Å². The van der Waals surface area contributed by atoms with Gasteiger partial charge in [0.25, 0.3) is 5.69 Å². The Bertz CT molecular complexity index is 715. The number of nitrogens with zero attached hydrogens (tertiary/aromatic N) is 2. The highest BCUT2D eigenvalue weighted by molar-refractivity contribution is 6.42. The molecule has 0 saturated heterocycles. The van der Waals surface area contributed by atoms with Gasteiger partial charge in [-0.3, -0.25) is 10.1 Å². The number of pyridine rings is 1. The third-order valence-corrected chi connectivity index (χ3v) is 3.75. The van der Waals surface area contributed by atoms with Gasteiger partial charge in [-0.25, -0.2) is 0 Å². The number of nitro groups is 1. The summed E-state index contributed by atoms with van der Waals surface area (Å²) in [6.07, 6.45) is 0. The van der Waals surface area contributed by atoms with Gasteiger partial charge < -0.3 is 4.74 Å². The molecule has 0 atom stereocenters. The van der Waals surface area contributed by atoms with E-state index in [1.165, 1.54) is 6.07 Å². The van der Waals surface area contributed by atoms with Crippen molar-refractivity contribution in [2.75, 3.05) is 0 Å². The normalized spacial score (nSPS) is 10.5. The highest BCUT2D eigenvalue weighted by Gasteiger charge is 2.18. The van der Waals surface area contributed by atoms with Crippen molar-refractivity contribution in [2.45, 2.75) is 0 Å². The number of rotatable bonds is 3. The molecular weight excluding hydrogens is 385 g/mol. The van der Waals surface area contributed by atoms with Crippen molar-refractivity contribution in [3.05, 3.63) is 53.6 Å². The molecule has 0 radical (unpaired) electrons. The van der Waals surface area contributed by atoms with Crippen LogP contribution < -0.4 is 4.74 Å². The highest BCUT2D eigenvalue weighted by Crippen LogP contribution is 2.41. The molecule has 0 N–H and O–H groups in total. The van der Waals surface area contributed by atoms with Crippen LogP contribution >= 0.6 is 58.0 Å². The Morgan fingerprint density at radius 2 is 1.52 bits per heavy atom. The molecule has 0 aliphatic rings. The minimum Gasteiger partial charge on any atom is -0.434 e. The van der Waals surface area contributed by atoms with Gasteiger partial charge in [0, 0.05) is 12.1 Å². The molecule has 1 heterocycles. The first-order valence-corrected chi connectivity index (χ1v) is 7.01. The van der Waals surface area contributed by atoms with Gasteiger partial charge in [-0.15, -0.1) is 0 Å². The molecule has 110 valence electrons. The van der Waals surface area contributed by atoms with Crippen LogP contribution in [-0.4, -0.2) is 9.91 Å².